The summed E-state index contributed by atoms with van der Waals surface area (Å²) in [7, 11) is 0. The number of halogens is 4. The molecule has 2 aliphatic carbocycles. The third-order valence-corrected chi connectivity index (χ3v) is 12.2. The van der Waals surface area contributed by atoms with Crippen LogP contribution in [0, 0.1) is 11.8 Å². The summed E-state index contributed by atoms with van der Waals surface area (Å²) in [6.45, 7) is 2.52. The summed E-state index contributed by atoms with van der Waals surface area (Å²) >= 11 is 15.0. The topological polar surface area (TPSA) is 0 Å². The highest BCUT2D eigenvalue weighted by molar-refractivity contribution is 14.1. The number of hydrogen-bond donors (Lipinski definition) is 0. The Morgan fingerprint density at radius 3 is 2.15 bits per heavy atom. The quantitative estimate of drug-likeness (QED) is 0.193. The maximum atomic E-state index is 4.27. The van der Waals surface area contributed by atoms with Gasteiger partial charge in [0.15, 0.2) is 0 Å². The molecule has 0 saturated heterocycles. The van der Waals surface area contributed by atoms with Crippen molar-refractivity contribution in [3.63, 3.8) is 0 Å². The summed E-state index contributed by atoms with van der Waals surface area (Å²) in [5.41, 5.74) is 0. The van der Waals surface area contributed by atoms with Gasteiger partial charge in [0.05, 0.1) is 0 Å². The Balaban J connectivity index is 2.09. The predicted octanol–water partition coefficient (Wildman–Crippen LogP) is 9.58. The summed E-state index contributed by atoms with van der Waals surface area (Å²) in [5.74, 6) is 1.72. The van der Waals surface area contributed by atoms with Crippen molar-refractivity contribution in [3.8, 4) is 0 Å². The van der Waals surface area contributed by atoms with Gasteiger partial charge in [-0.15, -0.1) is 0 Å². The normalized spacial score (nSPS) is 42.6. The zero-order chi connectivity index (χ0) is 19.0. The van der Waals surface area contributed by atoms with Gasteiger partial charge in [-0.25, -0.2) is 0 Å². The lowest BCUT2D eigenvalue weighted by Gasteiger charge is -2.40. The van der Waals surface area contributed by atoms with Gasteiger partial charge in [0.1, 0.15) is 0 Å². The van der Waals surface area contributed by atoms with Gasteiger partial charge in [0.2, 0.25) is 0 Å². The van der Waals surface area contributed by atoms with Crippen LogP contribution in [0.5, 0.6) is 0 Å². The molecule has 2 saturated carbocycles. The molecule has 2 rings (SSSR count). The number of alkyl halides is 4. The molecule has 26 heavy (non-hydrogen) atoms. The zero-order valence-corrected chi connectivity index (χ0v) is 23.4. The maximum absolute atomic E-state index is 4.27. The molecule has 4 heteroatoms. The van der Waals surface area contributed by atoms with Gasteiger partial charge < -0.3 is 0 Å². The average Bonchev–Trinajstić information content (AvgIpc) is 2.60. The van der Waals surface area contributed by atoms with E-state index < -0.39 is 0 Å². The van der Waals surface area contributed by atoms with Crippen molar-refractivity contribution in [1.29, 1.82) is 0 Å². The van der Waals surface area contributed by atoms with E-state index >= 15 is 0 Å². The molecular weight excluding hydrogens is 631 g/mol. The third kappa shape index (κ3) is 8.50. The first-order valence-corrected chi connectivity index (χ1v) is 14.9. The Morgan fingerprint density at radius 1 is 0.769 bits per heavy atom. The van der Waals surface area contributed by atoms with Crippen LogP contribution in [-0.4, -0.2) is 17.9 Å². The molecular formula is C22H38Br3I. The highest BCUT2D eigenvalue weighted by Gasteiger charge is 2.37. The van der Waals surface area contributed by atoms with Crippen LogP contribution in [0.1, 0.15) is 103 Å². The second-order valence-electron chi connectivity index (χ2n) is 9.03. The van der Waals surface area contributed by atoms with Crippen molar-refractivity contribution in [3.05, 3.63) is 0 Å². The van der Waals surface area contributed by atoms with Gasteiger partial charge in [-0.2, -0.15) is 0 Å². The highest BCUT2D eigenvalue weighted by Crippen LogP contribution is 2.46. The molecule has 0 radical (unpaired) electrons. The van der Waals surface area contributed by atoms with E-state index in [4.69, 9.17) is 0 Å². The van der Waals surface area contributed by atoms with Gasteiger partial charge >= 0.3 is 0 Å². The van der Waals surface area contributed by atoms with Crippen LogP contribution in [0.4, 0.5) is 0 Å². The van der Waals surface area contributed by atoms with Gasteiger partial charge in [0.25, 0.3) is 0 Å². The first-order valence-electron chi connectivity index (χ1n) is 11.0. The molecule has 0 aromatic heterocycles. The third-order valence-electron chi connectivity index (χ3n) is 6.78. The van der Waals surface area contributed by atoms with Crippen molar-refractivity contribution in [2.24, 2.45) is 11.8 Å². The Kier molecular flexibility index (Phi) is 12.0. The lowest BCUT2D eigenvalue weighted by molar-refractivity contribution is 0.205. The molecule has 0 aromatic rings. The van der Waals surface area contributed by atoms with Crippen LogP contribution >= 0.6 is 70.4 Å². The minimum Gasteiger partial charge on any atom is -0.0891 e. The molecule has 0 aliphatic heterocycles. The van der Waals surface area contributed by atoms with Crippen LogP contribution in [0.2, 0.25) is 0 Å². The first-order chi connectivity index (χ1) is 12.4. The van der Waals surface area contributed by atoms with E-state index in [1.807, 2.05) is 0 Å². The second-order valence-corrected chi connectivity index (χ2v) is 14.9. The monoisotopic (exact) mass is 666 g/mol. The van der Waals surface area contributed by atoms with Crippen molar-refractivity contribution < 1.29 is 0 Å². The first kappa shape index (κ1) is 24.4. The van der Waals surface area contributed by atoms with Crippen LogP contribution in [0.25, 0.3) is 0 Å². The summed E-state index contributed by atoms with van der Waals surface area (Å²) in [6.07, 6.45) is 21.0. The van der Waals surface area contributed by atoms with E-state index in [-0.39, 0.29) is 0 Å². The average molecular weight is 669 g/mol. The number of rotatable bonds is 1. The summed E-state index contributed by atoms with van der Waals surface area (Å²) < 4.78 is 1.10. The fourth-order valence-electron chi connectivity index (χ4n) is 5.15. The molecule has 0 spiro atoms. The Labute approximate surface area is 201 Å². The lowest BCUT2D eigenvalue weighted by Crippen LogP contribution is -2.35. The molecule has 0 nitrogen and oxygen atoms in total. The SMILES string of the molecule is CC1(Br)CCCC(I)C(Br)CCCCC1C1CCCCCCCC(Br)C1. The summed E-state index contributed by atoms with van der Waals surface area (Å²) in [4.78, 5) is 1.44. The van der Waals surface area contributed by atoms with Crippen LogP contribution in [-0.2, 0) is 0 Å². The molecule has 0 bridgehead atoms. The highest BCUT2D eigenvalue weighted by atomic mass is 127. The molecule has 154 valence electrons. The van der Waals surface area contributed by atoms with Crippen molar-refractivity contribution in [1.82, 2.24) is 0 Å². The Morgan fingerprint density at radius 2 is 1.38 bits per heavy atom. The fourth-order valence-corrected chi connectivity index (χ4v) is 8.23. The fraction of sp³-hybridized carbons (Fsp3) is 1.00. The summed E-state index contributed by atoms with van der Waals surface area (Å²) in [5, 5.41) is 0. The van der Waals surface area contributed by atoms with Gasteiger partial charge in [0, 0.05) is 17.9 Å². The second kappa shape index (κ2) is 12.8. The molecule has 2 fully saturated rings. The Hall–Kier alpha value is 2.17. The van der Waals surface area contributed by atoms with E-state index in [1.165, 1.54) is 96.3 Å². The summed E-state index contributed by atoms with van der Waals surface area (Å²) in [6, 6.07) is 0. The van der Waals surface area contributed by atoms with Gasteiger partial charge in [-0.05, 0) is 57.3 Å². The van der Waals surface area contributed by atoms with Crippen LogP contribution < -0.4 is 0 Å². The lowest BCUT2D eigenvalue weighted by atomic mass is 9.72. The molecule has 0 aromatic carbocycles. The largest absolute Gasteiger partial charge is 0.0891 e. The van der Waals surface area contributed by atoms with Crippen LogP contribution in [0.15, 0.2) is 0 Å². The minimum absolute atomic E-state index is 0.316. The molecule has 0 N–H and O–H groups in total. The maximum Gasteiger partial charge on any atom is 0.0263 e. The van der Waals surface area contributed by atoms with Gasteiger partial charge in [-0.1, -0.05) is 128 Å². The molecule has 0 amide bonds. The predicted molar refractivity (Wildman–Crippen MR) is 137 cm³/mol. The molecule has 6 unspecified atom stereocenters. The van der Waals surface area contributed by atoms with E-state index in [2.05, 4.69) is 77.3 Å². The van der Waals surface area contributed by atoms with Crippen molar-refractivity contribution in [2.75, 3.05) is 0 Å². The standard InChI is InChI=1S/C22H38Br3I/c1-22(25)15-9-14-21(26)20(24)13-8-7-12-19(22)17-10-5-3-2-4-6-11-18(23)16-17/h17-21H,2-16H2,1H3. The number of hydrogen-bond acceptors (Lipinski definition) is 0. The van der Waals surface area contributed by atoms with Gasteiger partial charge in [-0.3, -0.25) is 0 Å². The molecule has 6 atom stereocenters. The van der Waals surface area contributed by atoms with E-state index in [0.717, 1.165) is 20.6 Å². The smallest absolute Gasteiger partial charge is 0.0263 e. The Bertz CT molecular complexity index is 388. The minimum atomic E-state index is 0.316. The van der Waals surface area contributed by atoms with Crippen molar-refractivity contribution >= 4 is 70.4 Å². The van der Waals surface area contributed by atoms with E-state index in [9.17, 15) is 0 Å². The van der Waals surface area contributed by atoms with E-state index in [1.54, 1.807) is 0 Å². The van der Waals surface area contributed by atoms with Crippen LogP contribution in [0.3, 0.4) is 0 Å². The van der Waals surface area contributed by atoms with Crippen molar-refractivity contribution in [2.45, 2.75) is 121 Å². The molecule has 0 heterocycles. The zero-order valence-electron chi connectivity index (χ0n) is 16.5. The van der Waals surface area contributed by atoms with E-state index in [0.29, 0.717) is 9.15 Å². The molecule has 2 aliphatic rings.